The van der Waals surface area contributed by atoms with E-state index >= 15 is 0 Å². The van der Waals surface area contributed by atoms with Gasteiger partial charge in [0.2, 0.25) is 0 Å². The predicted octanol–water partition coefficient (Wildman–Crippen LogP) is 3.85. The lowest BCUT2D eigenvalue weighted by atomic mass is 10.0. The number of rotatable bonds is 2. The first kappa shape index (κ1) is 11.7. The molecule has 19 heavy (non-hydrogen) atoms. The Hall–Kier alpha value is -2.42. The van der Waals surface area contributed by atoms with Gasteiger partial charge in [-0.1, -0.05) is 30.3 Å². The zero-order chi connectivity index (χ0) is 13.4. The Labute approximate surface area is 109 Å². The number of fused-ring (bicyclic) bond motifs is 1. The van der Waals surface area contributed by atoms with Crippen LogP contribution in [0, 0.1) is 12.7 Å². The van der Waals surface area contributed by atoms with E-state index in [1.807, 2.05) is 31.2 Å². The molecule has 3 aromatic rings. The van der Waals surface area contributed by atoms with Gasteiger partial charge in [-0.25, -0.2) is 4.39 Å². The number of aromatic amines is 1. The molecule has 1 aromatic heterocycles. The van der Waals surface area contributed by atoms with Crippen molar-refractivity contribution in [2.24, 2.45) is 0 Å². The van der Waals surface area contributed by atoms with Crippen molar-refractivity contribution in [2.75, 3.05) is 0 Å². The van der Waals surface area contributed by atoms with Crippen LogP contribution in [-0.4, -0.2) is 10.8 Å². The highest BCUT2D eigenvalue weighted by molar-refractivity contribution is 6.17. The summed E-state index contributed by atoms with van der Waals surface area (Å²) in [5, 5.41) is 0.870. The van der Waals surface area contributed by atoms with Gasteiger partial charge in [-0.3, -0.25) is 4.79 Å². The van der Waals surface area contributed by atoms with Crippen molar-refractivity contribution in [3.63, 3.8) is 0 Å². The fourth-order valence-electron chi connectivity index (χ4n) is 2.34. The topological polar surface area (TPSA) is 32.9 Å². The molecule has 1 N–H and O–H groups in total. The third-order valence-corrected chi connectivity index (χ3v) is 3.21. The quantitative estimate of drug-likeness (QED) is 0.691. The fourth-order valence-corrected chi connectivity index (χ4v) is 2.34. The van der Waals surface area contributed by atoms with Crippen LogP contribution in [-0.2, 0) is 0 Å². The van der Waals surface area contributed by atoms with Crippen LogP contribution in [0.15, 0.2) is 48.5 Å². The van der Waals surface area contributed by atoms with Gasteiger partial charge in [0.25, 0.3) is 0 Å². The van der Waals surface area contributed by atoms with Gasteiger partial charge in [-0.2, -0.15) is 0 Å². The van der Waals surface area contributed by atoms with Gasteiger partial charge in [0.15, 0.2) is 5.78 Å². The van der Waals surface area contributed by atoms with E-state index < -0.39 is 5.82 Å². The third-order valence-electron chi connectivity index (χ3n) is 3.21. The SMILES string of the molecule is Cc1[nH]c2ccccc2c1C(=O)c1cccc(F)c1. The first-order valence-electron chi connectivity index (χ1n) is 6.04. The van der Waals surface area contributed by atoms with Crippen LogP contribution in [0.1, 0.15) is 21.6 Å². The number of para-hydroxylation sites is 1. The van der Waals surface area contributed by atoms with Crippen molar-refractivity contribution in [2.45, 2.75) is 6.92 Å². The average Bonchev–Trinajstić information content (AvgIpc) is 2.74. The molecule has 0 amide bonds. The Morgan fingerprint density at radius 2 is 1.89 bits per heavy atom. The van der Waals surface area contributed by atoms with Crippen molar-refractivity contribution in [1.29, 1.82) is 0 Å². The second-order valence-electron chi connectivity index (χ2n) is 4.51. The summed E-state index contributed by atoms with van der Waals surface area (Å²) in [4.78, 5) is 15.7. The Balaban J connectivity index is 2.19. The minimum atomic E-state index is -0.400. The van der Waals surface area contributed by atoms with Crippen LogP contribution in [0.2, 0.25) is 0 Å². The lowest BCUT2D eigenvalue weighted by Crippen LogP contribution is -2.02. The summed E-state index contributed by atoms with van der Waals surface area (Å²) in [6, 6.07) is 13.4. The second-order valence-corrected chi connectivity index (χ2v) is 4.51. The molecule has 2 nitrogen and oxygen atoms in total. The third kappa shape index (κ3) is 1.93. The van der Waals surface area contributed by atoms with E-state index in [-0.39, 0.29) is 5.78 Å². The van der Waals surface area contributed by atoms with Crippen LogP contribution >= 0.6 is 0 Å². The highest BCUT2D eigenvalue weighted by Crippen LogP contribution is 2.24. The van der Waals surface area contributed by atoms with Crippen LogP contribution in [0.4, 0.5) is 4.39 Å². The molecule has 0 unspecified atom stereocenters. The van der Waals surface area contributed by atoms with Gasteiger partial charge in [0, 0.05) is 22.2 Å². The van der Waals surface area contributed by atoms with Gasteiger partial charge >= 0.3 is 0 Å². The van der Waals surface area contributed by atoms with E-state index in [0.29, 0.717) is 11.1 Å². The van der Waals surface area contributed by atoms with Crippen LogP contribution in [0.25, 0.3) is 10.9 Å². The highest BCUT2D eigenvalue weighted by Gasteiger charge is 2.17. The summed E-state index contributed by atoms with van der Waals surface area (Å²) >= 11 is 0. The molecule has 0 aliphatic heterocycles. The van der Waals surface area contributed by atoms with Gasteiger partial charge in [0.05, 0.1) is 5.56 Å². The van der Waals surface area contributed by atoms with Gasteiger partial charge in [0.1, 0.15) is 5.82 Å². The monoisotopic (exact) mass is 253 g/mol. The predicted molar refractivity (Wildman–Crippen MR) is 72.9 cm³/mol. The number of halogens is 1. The van der Waals surface area contributed by atoms with Crippen molar-refractivity contribution >= 4 is 16.7 Å². The molecular formula is C16H12FNO. The van der Waals surface area contributed by atoms with Crippen molar-refractivity contribution in [3.05, 3.63) is 71.2 Å². The van der Waals surface area contributed by atoms with Crippen LogP contribution in [0.3, 0.4) is 0 Å². The van der Waals surface area contributed by atoms with Crippen LogP contribution < -0.4 is 0 Å². The molecule has 3 heteroatoms. The summed E-state index contributed by atoms with van der Waals surface area (Å²) < 4.78 is 13.2. The number of carbonyl (C=O) groups is 1. The van der Waals surface area contributed by atoms with E-state index in [4.69, 9.17) is 0 Å². The minimum absolute atomic E-state index is 0.158. The van der Waals surface area contributed by atoms with Crippen molar-refractivity contribution in [3.8, 4) is 0 Å². The Bertz CT molecular complexity index is 773. The molecule has 0 aliphatic carbocycles. The molecular weight excluding hydrogens is 241 g/mol. The maximum Gasteiger partial charge on any atom is 0.195 e. The Morgan fingerprint density at radius 1 is 1.11 bits per heavy atom. The van der Waals surface area contributed by atoms with E-state index in [1.54, 1.807) is 12.1 Å². The number of hydrogen-bond donors (Lipinski definition) is 1. The minimum Gasteiger partial charge on any atom is -0.358 e. The zero-order valence-corrected chi connectivity index (χ0v) is 10.4. The van der Waals surface area contributed by atoms with Gasteiger partial charge in [-0.05, 0) is 25.1 Å². The summed E-state index contributed by atoms with van der Waals surface area (Å²) in [5.74, 6) is -0.558. The molecule has 1 heterocycles. The largest absolute Gasteiger partial charge is 0.358 e. The Kier molecular flexibility index (Phi) is 2.67. The van der Waals surface area contributed by atoms with Crippen LogP contribution in [0.5, 0.6) is 0 Å². The van der Waals surface area contributed by atoms with Gasteiger partial charge < -0.3 is 4.98 Å². The maximum absolute atomic E-state index is 13.2. The van der Waals surface area contributed by atoms with Crippen molar-refractivity contribution in [1.82, 2.24) is 4.98 Å². The lowest BCUT2D eigenvalue weighted by Gasteiger charge is -2.01. The molecule has 0 bridgehead atoms. The number of carbonyl (C=O) groups excluding carboxylic acids is 1. The maximum atomic E-state index is 13.2. The molecule has 0 radical (unpaired) electrons. The molecule has 3 rings (SSSR count). The first-order valence-corrected chi connectivity index (χ1v) is 6.04. The number of ketones is 1. The smallest absolute Gasteiger partial charge is 0.195 e. The molecule has 94 valence electrons. The van der Waals surface area contributed by atoms with E-state index in [0.717, 1.165) is 16.6 Å². The molecule has 0 saturated heterocycles. The summed E-state index contributed by atoms with van der Waals surface area (Å²) in [6.07, 6.45) is 0. The number of aryl methyl sites for hydroxylation is 1. The van der Waals surface area contributed by atoms with E-state index in [2.05, 4.69) is 4.98 Å². The number of nitrogens with one attached hydrogen (secondary N) is 1. The lowest BCUT2D eigenvalue weighted by molar-refractivity contribution is 0.103. The molecule has 0 aliphatic rings. The molecule has 0 saturated carbocycles. The summed E-state index contributed by atoms with van der Waals surface area (Å²) in [7, 11) is 0. The summed E-state index contributed by atoms with van der Waals surface area (Å²) in [5.41, 5.74) is 2.70. The number of aromatic nitrogens is 1. The Morgan fingerprint density at radius 3 is 2.68 bits per heavy atom. The number of hydrogen-bond acceptors (Lipinski definition) is 1. The fraction of sp³-hybridized carbons (Fsp3) is 0.0625. The van der Waals surface area contributed by atoms with Crippen molar-refractivity contribution < 1.29 is 9.18 Å². The number of H-pyrrole nitrogens is 1. The number of benzene rings is 2. The molecule has 0 spiro atoms. The highest BCUT2D eigenvalue weighted by atomic mass is 19.1. The second kappa shape index (κ2) is 4.35. The molecule has 0 atom stereocenters. The standard InChI is InChI=1S/C16H12FNO/c1-10-15(13-7-2-3-8-14(13)18-10)16(19)11-5-4-6-12(17)9-11/h2-9,18H,1H3. The molecule has 0 fully saturated rings. The average molecular weight is 253 g/mol. The van der Waals surface area contributed by atoms with Gasteiger partial charge in [-0.15, -0.1) is 0 Å². The first-order chi connectivity index (χ1) is 9.16. The summed E-state index contributed by atoms with van der Waals surface area (Å²) in [6.45, 7) is 1.85. The zero-order valence-electron chi connectivity index (χ0n) is 10.4. The molecule has 2 aromatic carbocycles. The normalized spacial score (nSPS) is 10.8. The van der Waals surface area contributed by atoms with E-state index in [9.17, 15) is 9.18 Å². The van der Waals surface area contributed by atoms with E-state index in [1.165, 1.54) is 12.1 Å².